The Balaban J connectivity index is 2.92. The van der Waals surface area contributed by atoms with Crippen LogP contribution >= 0.6 is 0 Å². The van der Waals surface area contributed by atoms with Crippen molar-refractivity contribution < 1.29 is 23.1 Å². The number of H-pyrrole nitrogens is 1. The number of pyridine rings is 1. The molecular formula is C10H11F3N2O3. The summed E-state index contributed by atoms with van der Waals surface area (Å²) >= 11 is 0. The average Bonchev–Trinajstić information content (AvgIpc) is 2.26. The standard InChI is InChI=1S/C10H11F3N2O3/c11-10(12,13)6-15(3-4-16)9(18)7-1-2-14-8(17)5-7/h1-2,5,16H,3-4,6H2,(H,14,17). The molecule has 1 heterocycles. The number of hydrogen-bond acceptors (Lipinski definition) is 3. The Morgan fingerprint density at radius 1 is 1.44 bits per heavy atom. The third-order valence-corrected chi connectivity index (χ3v) is 2.05. The minimum absolute atomic E-state index is 0.156. The molecule has 0 radical (unpaired) electrons. The van der Waals surface area contributed by atoms with E-state index in [0.717, 1.165) is 6.07 Å². The molecule has 0 aromatic carbocycles. The monoisotopic (exact) mass is 264 g/mol. The van der Waals surface area contributed by atoms with Crippen LogP contribution in [0, 0.1) is 0 Å². The van der Waals surface area contributed by atoms with Crippen LogP contribution < -0.4 is 5.56 Å². The molecule has 5 nitrogen and oxygen atoms in total. The van der Waals surface area contributed by atoms with Crippen molar-refractivity contribution in [3.8, 4) is 0 Å². The van der Waals surface area contributed by atoms with Crippen molar-refractivity contribution in [2.24, 2.45) is 0 Å². The number of alkyl halides is 3. The fraction of sp³-hybridized carbons (Fsp3) is 0.400. The van der Waals surface area contributed by atoms with Crippen LogP contribution in [0.2, 0.25) is 0 Å². The van der Waals surface area contributed by atoms with Crippen LogP contribution in [0.3, 0.4) is 0 Å². The molecule has 1 aromatic heterocycles. The lowest BCUT2D eigenvalue weighted by atomic mass is 10.2. The van der Waals surface area contributed by atoms with Gasteiger partial charge in [0.2, 0.25) is 5.56 Å². The zero-order valence-electron chi connectivity index (χ0n) is 9.20. The van der Waals surface area contributed by atoms with Crippen molar-refractivity contribution >= 4 is 5.91 Å². The minimum Gasteiger partial charge on any atom is -0.395 e. The number of aromatic nitrogens is 1. The number of rotatable bonds is 4. The predicted molar refractivity (Wildman–Crippen MR) is 56.1 cm³/mol. The van der Waals surface area contributed by atoms with E-state index in [9.17, 15) is 22.8 Å². The summed E-state index contributed by atoms with van der Waals surface area (Å²) < 4.78 is 36.7. The number of aliphatic hydroxyl groups is 1. The molecule has 0 unspecified atom stereocenters. The molecule has 0 aliphatic carbocycles. The predicted octanol–water partition coefficient (Wildman–Crippen LogP) is 0.372. The number of carbonyl (C=O) groups excluding carboxylic acids is 1. The Bertz CT molecular complexity index is 470. The number of hydrogen-bond donors (Lipinski definition) is 2. The van der Waals surface area contributed by atoms with E-state index < -0.39 is 37.3 Å². The average molecular weight is 264 g/mol. The molecule has 0 aliphatic heterocycles. The van der Waals surface area contributed by atoms with Crippen LogP contribution in [0.25, 0.3) is 0 Å². The van der Waals surface area contributed by atoms with Gasteiger partial charge in [-0.2, -0.15) is 13.2 Å². The molecule has 0 saturated heterocycles. The van der Waals surface area contributed by atoms with E-state index in [-0.39, 0.29) is 5.56 Å². The second-order valence-electron chi connectivity index (χ2n) is 3.51. The molecular weight excluding hydrogens is 253 g/mol. The SMILES string of the molecule is O=C(c1cc[nH]c(=O)c1)N(CCO)CC(F)(F)F. The zero-order chi connectivity index (χ0) is 13.8. The zero-order valence-corrected chi connectivity index (χ0v) is 9.20. The van der Waals surface area contributed by atoms with Gasteiger partial charge in [-0.25, -0.2) is 0 Å². The van der Waals surface area contributed by atoms with Crippen molar-refractivity contribution in [3.05, 3.63) is 34.2 Å². The highest BCUT2D eigenvalue weighted by atomic mass is 19.4. The van der Waals surface area contributed by atoms with Gasteiger partial charge >= 0.3 is 6.18 Å². The number of amides is 1. The van der Waals surface area contributed by atoms with Gasteiger partial charge in [-0.15, -0.1) is 0 Å². The Hall–Kier alpha value is -1.83. The molecule has 0 fully saturated rings. The number of nitrogens with zero attached hydrogens (tertiary/aromatic N) is 1. The topological polar surface area (TPSA) is 73.4 Å². The summed E-state index contributed by atoms with van der Waals surface area (Å²) in [6.45, 7) is -2.52. The molecule has 8 heteroatoms. The first kappa shape index (κ1) is 14.2. The van der Waals surface area contributed by atoms with Crippen molar-refractivity contribution in [3.63, 3.8) is 0 Å². The summed E-state index contributed by atoms with van der Waals surface area (Å²) in [5.41, 5.74) is -0.742. The van der Waals surface area contributed by atoms with Gasteiger partial charge in [0, 0.05) is 24.4 Å². The minimum atomic E-state index is -4.56. The van der Waals surface area contributed by atoms with Crippen LogP contribution in [0.4, 0.5) is 13.2 Å². The van der Waals surface area contributed by atoms with E-state index in [1.807, 2.05) is 0 Å². The van der Waals surface area contributed by atoms with Crippen molar-refractivity contribution in [2.75, 3.05) is 19.7 Å². The maximum atomic E-state index is 12.2. The first-order chi connectivity index (χ1) is 8.33. The number of aromatic amines is 1. The van der Waals surface area contributed by atoms with Crippen molar-refractivity contribution in [2.45, 2.75) is 6.18 Å². The molecule has 18 heavy (non-hydrogen) atoms. The molecule has 0 atom stereocenters. The first-order valence-corrected chi connectivity index (χ1v) is 4.99. The normalized spacial score (nSPS) is 11.3. The van der Waals surface area contributed by atoms with E-state index in [1.165, 1.54) is 12.3 Å². The molecule has 1 amide bonds. The summed E-state index contributed by atoms with van der Waals surface area (Å²) in [7, 11) is 0. The lowest BCUT2D eigenvalue weighted by molar-refractivity contribution is -0.141. The highest BCUT2D eigenvalue weighted by molar-refractivity contribution is 5.94. The molecule has 1 rings (SSSR count). The lowest BCUT2D eigenvalue weighted by Crippen LogP contribution is -2.40. The van der Waals surface area contributed by atoms with Gasteiger partial charge in [-0.3, -0.25) is 9.59 Å². The number of nitrogens with one attached hydrogen (secondary N) is 1. The van der Waals surface area contributed by atoms with Crippen molar-refractivity contribution in [1.29, 1.82) is 0 Å². The fourth-order valence-corrected chi connectivity index (χ4v) is 1.35. The largest absolute Gasteiger partial charge is 0.406 e. The van der Waals surface area contributed by atoms with E-state index in [0.29, 0.717) is 4.90 Å². The summed E-state index contributed by atoms with van der Waals surface area (Å²) in [5, 5.41) is 8.65. The maximum Gasteiger partial charge on any atom is 0.406 e. The van der Waals surface area contributed by atoms with Crippen LogP contribution in [0.5, 0.6) is 0 Å². The summed E-state index contributed by atoms with van der Waals surface area (Å²) in [4.78, 5) is 25.4. The van der Waals surface area contributed by atoms with Gasteiger partial charge in [0.25, 0.3) is 5.91 Å². The smallest absolute Gasteiger partial charge is 0.395 e. The van der Waals surface area contributed by atoms with Crippen LogP contribution in [0.1, 0.15) is 10.4 Å². The second kappa shape index (κ2) is 5.67. The molecule has 0 bridgehead atoms. The molecule has 0 saturated carbocycles. The number of halogens is 3. The molecule has 1 aromatic rings. The molecule has 100 valence electrons. The van der Waals surface area contributed by atoms with Gasteiger partial charge in [0.05, 0.1) is 6.61 Å². The van der Waals surface area contributed by atoms with Crippen LogP contribution in [0.15, 0.2) is 23.1 Å². The Morgan fingerprint density at radius 3 is 2.61 bits per heavy atom. The van der Waals surface area contributed by atoms with E-state index >= 15 is 0 Å². The molecule has 0 aliphatic rings. The summed E-state index contributed by atoms with van der Waals surface area (Å²) in [6.07, 6.45) is -3.40. The molecule has 0 spiro atoms. The second-order valence-corrected chi connectivity index (χ2v) is 3.51. The van der Waals surface area contributed by atoms with Gasteiger partial charge in [0.1, 0.15) is 6.54 Å². The van der Waals surface area contributed by atoms with Gasteiger partial charge < -0.3 is 15.0 Å². The summed E-state index contributed by atoms with van der Waals surface area (Å²) in [5.74, 6) is -0.951. The first-order valence-electron chi connectivity index (χ1n) is 4.99. The van der Waals surface area contributed by atoms with Gasteiger partial charge in [0.15, 0.2) is 0 Å². The van der Waals surface area contributed by atoms with Gasteiger partial charge in [-0.1, -0.05) is 0 Å². The highest BCUT2D eigenvalue weighted by Gasteiger charge is 2.33. The molecule has 2 N–H and O–H groups in total. The van der Waals surface area contributed by atoms with Crippen molar-refractivity contribution in [1.82, 2.24) is 9.88 Å². The number of carbonyl (C=O) groups is 1. The Morgan fingerprint density at radius 2 is 2.11 bits per heavy atom. The van der Waals surface area contributed by atoms with Crippen LogP contribution in [-0.2, 0) is 0 Å². The maximum absolute atomic E-state index is 12.2. The highest BCUT2D eigenvalue weighted by Crippen LogP contribution is 2.17. The third kappa shape index (κ3) is 4.21. The van der Waals surface area contributed by atoms with E-state index in [1.54, 1.807) is 0 Å². The van der Waals surface area contributed by atoms with E-state index in [2.05, 4.69) is 4.98 Å². The Kier molecular flexibility index (Phi) is 4.49. The van der Waals surface area contributed by atoms with Gasteiger partial charge in [-0.05, 0) is 6.07 Å². The van der Waals surface area contributed by atoms with Crippen LogP contribution in [-0.4, -0.2) is 46.8 Å². The quantitative estimate of drug-likeness (QED) is 0.825. The lowest BCUT2D eigenvalue weighted by Gasteiger charge is -2.22. The Labute approximate surface area is 99.8 Å². The third-order valence-electron chi connectivity index (χ3n) is 2.05. The number of aliphatic hydroxyl groups excluding tert-OH is 1. The van der Waals surface area contributed by atoms with E-state index in [4.69, 9.17) is 5.11 Å². The summed E-state index contributed by atoms with van der Waals surface area (Å²) in [6, 6.07) is 2.10. The fourth-order valence-electron chi connectivity index (χ4n) is 1.35.